The molecule has 0 aliphatic heterocycles. The van der Waals surface area contributed by atoms with E-state index in [1.54, 1.807) is 11.3 Å². The van der Waals surface area contributed by atoms with Gasteiger partial charge < -0.3 is 5.73 Å². The molecular formula is C16H14N2S. The van der Waals surface area contributed by atoms with Gasteiger partial charge in [-0.25, -0.2) is 4.98 Å². The fourth-order valence-electron chi connectivity index (χ4n) is 1.96. The lowest BCUT2D eigenvalue weighted by atomic mass is 10.1. The lowest BCUT2D eigenvalue weighted by molar-refractivity contribution is 1.39. The van der Waals surface area contributed by atoms with Crippen molar-refractivity contribution < 1.29 is 0 Å². The molecule has 0 amide bonds. The van der Waals surface area contributed by atoms with Crippen molar-refractivity contribution in [3.05, 3.63) is 59.5 Å². The van der Waals surface area contributed by atoms with Crippen LogP contribution in [-0.2, 0) is 0 Å². The Morgan fingerprint density at radius 1 is 1.00 bits per heavy atom. The summed E-state index contributed by atoms with van der Waals surface area (Å²) in [7, 11) is 0. The van der Waals surface area contributed by atoms with Gasteiger partial charge in [-0.15, -0.1) is 11.3 Å². The predicted molar refractivity (Wildman–Crippen MR) is 82.1 cm³/mol. The molecule has 3 heteroatoms. The van der Waals surface area contributed by atoms with Crippen molar-refractivity contribution in [2.75, 3.05) is 5.73 Å². The van der Waals surface area contributed by atoms with E-state index in [1.165, 1.54) is 5.56 Å². The minimum absolute atomic E-state index is 0.767. The zero-order valence-electron chi connectivity index (χ0n) is 10.6. The molecule has 0 saturated carbocycles. The molecule has 0 fully saturated rings. The highest BCUT2D eigenvalue weighted by atomic mass is 32.1. The highest BCUT2D eigenvalue weighted by molar-refractivity contribution is 7.13. The number of hydrogen-bond donors (Lipinski definition) is 1. The molecule has 19 heavy (non-hydrogen) atoms. The summed E-state index contributed by atoms with van der Waals surface area (Å²) in [6.45, 7) is 2.09. The molecule has 1 aromatic heterocycles. The lowest BCUT2D eigenvalue weighted by Crippen LogP contribution is -1.89. The molecule has 0 unspecified atom stereocenters. The second kappa shape index (κ2) is 4.86. The van der Waals surface area contributed by atoms with Crippen LogP contribution in [0, 0.1) is 6.92 Å². The summed E-state index contributed by atoms with van der Waals surface area (Å²) in [6.07, 6.45) is 0. The van der Waals surface area contributed by atoms with Crippen LogP contribution in [0.3, 0.4) is 0 Å². The SMILES string of the molecule is Cc1ccc(-c2nc(-c3ccccc3N)cs2)cc1. The summed E-state index contributed by atoms with van der Waals surface area (Å²) >= 11 is 1.65. The largest absolute Gasteiger partial charge is 0.398 e. The number of anilines is 1. The number of para-hydroxylation sites is 1. The van der Waals surface area contributed by atoms with Crippen molar-refractivity contribution >= 4 is 17.0 Å². The molecule has 0 aliphatic rings. The smallest absolute Gasteiger partial charge is 0.124 e. The Balaban J connectivity index is 2.00. The van der Waals surface area contributed by atoms with Gasteiger partial charge in [0.1, 0.15) is 5.01 Å². The van der Waals surface area contributed by atoms with E-state index in [0.717, 1.165) is 27.5 Å². The fourth-order valence-corrected chi connectivity index (χ4v) is 2.78. The quantitative estimate of drug-likeness (QED) is 0.700. The standard InChI is InChI=1S/C16H14N2S/c1-11-6-8-12(9-7-11)16-18-15(10-19-16)13-4-2-3-5-14(13)17/h2-10H,17H2,1H3. The average Bonchev–Trinajstić information content (AvgIpc) is 2.89. The molecular weight excluding hydrogens is 252 g/mol. The van der Waals surface area contributed by atoms with Crippen LogP contribution >= 0.6 is 11.3 Å². The molecule has 0 saturated heterocycles. The third-order valence-electron chi connectivity index (χ3n) is 3.04. The topological polar surface area (TPSA) is 38.9 Å². The Morgan fingerprint density at radius 2 is 1.74 bits per heavy atom. The molecule has 94 valence electrons. The van der Waals surface area contributed by atoms with Gasteiger partial charge in [-0.1, -0.05) is 48.0 Å². The Hall–Kier alpha value is -2.13. The van der Waals surface area contributed by atoms with Crippen molar-refractivity contribution in [3.63, 3.8) is 0 Å². The van der Waals surface area contributed by atoms with E-state index in [0.29, 0.717) is 0 Å². The second-order valence-corrected chi connectivity index (χ2v) is 5.35. The lowest BCUT2D eigenvalue weighted by Gasteiger charge is -2.01. The van der Waals surface area contributed by atoms with E-state index in [4.69, 9.17) is 5.73 Å². The zero-order valence-corrected chi connectivity index (χ0v) is 11.4. The fraction of sp³-hybridized carbons (Fsp3) is 0.0625. The van der Waals surface area contributed by atoms with E-state index < -0.39 is 0 Å². The molecule has 0 radical (unpaired) electrons. The molecule has 2 nitrogen and oxygen atoms in total. The Kier molecular flexibility index (Phi) is 3.05. The van der Waals surface area contributed by atoms with Crippen LogP contribution in [0.4, 0.5) is 5.69 Å². The number of rotatable bonds is 2. The third-order valence-corrected chi connectivity index (χ3v) is 3.93. The van der Waals surface area contributed by atoms with Gasteiger partial charge >= 0.3 is 0 Å². The normalized spacial score (nSPS) is 10.6. The number of thiazole rings is 1. The number of nitrogen functional groups attached to an aromatic ring is 1. The molecule has 2 N–H and O–H groups in total. The molecule has 3 rings (SSSR count). The summed E-state index contributed by atoms with van der Waals surface area (Å²) in [4.78, 5) is 4.68. The zero-order chi connectivity index (χ0) is 13.2. The van der Waals surface area contributed by atoms with Crippen molar-refractivity contribution in [1.82, 2.24) is 4.98 Å². The minimum atomic E-state index is 0.767. The summed E-state index contributed by atoms with van der Waals surface area (Å²) < 4.78 is 0. The number of nitrogens with two attached hydrogens (primary N) is 1. The molecule has 2 aromatic carbocycles. The van der Waals surface area contributed by atoms with Crippen molar-refractivity contribution in [3.8, 4) is 21.8 Å². The van der Waals surface area contributed by atoms with E-state index in [1.807, 2.05) is 24.3 Å². The maximum absolute atomic E-state index is 5.99. The molecule has 0 aliphatic carbocycles. The third kappa shape index (κ3) is 2.37. The van der Waals surface area contributed by atoms with Gasteiger partial charge in [0.2, 0.25) is 0 Å². The van der Waals surface area contributed by atoms with Crippen LogP contribution in [0.15, 0.2) is 53.9 Å². The van der Waals surface area contributed by atoms with Gasteiger partial charge in [0.15, 0.2) is 0 Å². The average molecular weight is 266 g/mol. The van der Waals surface area contributed by atoms with Gasteiger partial charge in [0.25, 0.3) is 0 Å². The van der Waals surface area contributed by atoms with Crippen LogP contribution < -0.4 is 5.73 Å². The van der Waals surface area contributed by atoms with E-state index in [-0.39, 0.29) is 0 Å². The summed E-state index contributed by atoms with van der Waals surface area (Å²) in [5.74, 6) is 0. The molecule has 3 aromatic rings. The van der Waals surface area contributed by atoms with E-state index in [9.17, 15) is 0 Å². The Morgan fingerprint density at radius 3 is 2.47 bits per heavy atom. The van der Waals surface area contributed by atoms with Gasteiger partial charge in [0, 0.05) is 22.2 Å². The van der Waals surface area contributed by atoms with Crippen LogP contribution in [-0.4, -0.2) is 4.98 Å². The van der Waals surface area contributed by atoms with Crippen LogP contribution in [0.1, 0.15) is 5.56 Å². The van der Waals surface area contributed by atoms with Gasteiger partial charge in [-0.2, -0.15) is 0 Å². The van der Waals surface area contributed by atoms with Crippen LogP contribution in [0.2, 0.25) is 0 Å². The van der Waals surface area contributed by atoms with Crippen molar-refractivity contribution in [2.45, 2.75) is 6.92 Å². The number of aromatic nitrogens is 1. The first-order chi connectivity index (χ1) is 9.24. The first-order valence-electron chi connectivity index (χ1n) is 6.11. The number of nitrogens with zero attached hydrogens (tertiary/aromatic N) is 1. The van der Waals surface area contributed by atoms with Gasteiger partial charge in [-0.05, 0) is 13.0 Å². The summed E-state index contributed by atoms with van der Waals surface area (Å²) in [6, 6.07) is 16.2. The Bertz CT molecular complexity index is 699. The molecule has 0 bridgehead atoms. The number of benzene rings is 2. The number of hydrogen-bond acceptors (Lipinski definition) is 3. The summed E-state index contributed by atoms with van der Waals surface area (Å²) in [5.41, 5.74) is 11.1. The highest BCUT2D eigenvalue weighted by Crippen LogP contribution is 2.31. The monoisotopic (exact) mass is 266 g/mol. The van der Waals surface area contributed by atoms with Crippen molar-refractivity contribution in [1.29, 1.82) is 0 Å². The Labute approximate surface area is 116 Å². The first kappa shape index (κ1) is 11.9. The minimum Gasteiger partial charge on any atom is -0.398 e. The van der Waals surface area contributed by atoms with Gasteiger partial charge in [-0.3, -0.25) is 0 Å². The maximum Gasteiger partial charge on any atom is 0.124 e. The molecule has 1 heterocycles. The first-order valence-corrected chi connectivity index (χ1v) is 6.99. The molecule has 0 spiro atoms. The van der Waals surface area contributed by atoms with Crippen LogP contribution in [0.25, 0.3) is 21.8 Å². The molecule has 0 atom stereocenters. The van der Waals surface area contributed by atoms with E-state index >= 15 is 0 Å². The second-order valence-electron chi connectivity index (χ2n) is 4.49. The number of aryl methyl sites for hydroxylation is 1. The summed E-state index contributed by atoms with van der Waals surface area (Å²) in [5, 5.41) is 3.08. The van der Waals surface area contributed by atoms with Crippen LogP contribution in [0.5, 0.6) is 0 Å². The maximum atomic E-state index is 5.99. The van der Waals surface area contributed by atoms with Gasteiger partial charge in [0.05, 0.1) is 5.69 Å². The predicted octanol–water partition coefficient (Wildman–Crippen LogP) is 4.37. The van der Waals surface area contributed by atoms with E-state index in [2.05, 4.69) is 41.6 Å². The van der Waals surface area contributed by atoms with Crippen molar-refractivity contribution in [2.24, 2.45) is 0 Å². The highest BCUT2D eigenvalue weighted by Gasteiger charge is 2.08.